The molecular formula is C17H21N3O5. The predicted molar refractivity (Wildman–Crippen MR) is 90.9 cm³/mol. The molecule has 2 saturated carbocycles. The normalized spacial score (nSPS) is 24.5. The second-order valence-corrected chi connectivity index (χ2v) is 6.40. The van der Waals surface area contributed by atoms with Crippen molar-refractivity contribution in [1.82, 2.24) is 5.43 Å². The van der Waals surface area contributed by atoms with Crippen molar-refractivity contribution in [3.8, 4) is 11.5 Å². The Labute approximate surface area is 145 Å². The summed E-state index contributed by atoms with van der Waals surface area (Å²) in [6.45, 7) is 0. The Hall–Kier alpha value is -2.64. The molecule has 1 N–H and O–H groups in total. The molecule has 0 aliphatic heterocycles. The zero-order chi connectivity index (χ0) is 18.0. The zero-order valence-electron chi connectivity index (χ0n) is 14.2. The van der Waals surface area contributed by atoms with Crippen molar-refractivity contribution in [3.63, 3.8) is 0 Å². The van der Waals surface area contributed by atoms with E-state index in [1.165, 1.54) is 45.4 Å². The number of carbonyl (C=O) groups excluding carboxylic acids is 1. The van der Waals surface area contributed by atoms with Crippen molar-refractivity contribution in [2.75, 3.05) is 14.2 Å². The fourth-order valence-corrected chi connectivity index (χ4v) is 3.77. The van der Waals surface area contributed by atoms with Gasteiger partial charge in [-0.15, -0.1) is 0 Å². The Kier molecular flexibility index (Phi) is 4.87. The minimum atomic E-state index is -0.527. The molecule has 2 aliphatic rings. The first-order valence-electron chi connectivity index (χ1n) is 8.30. The number of amides is 1. The SMILES string of the molecule is COc1cc(C=NNC(=O)C2C3CCCCC32)c([N+](=O)[O-])cc1OC. The molecule has 0 aromatic heterocycles. The Morgan fingerprint density at radius 1 is 1.24 bits per heavy atom. The summed E-state index contributed by atoms with van der Waals surface area (Å²) >= 11 is 0. The highest BCUT2D eigenvalue weighted by Gasteiger charge is 2.54. The average molecular weight is 347 g/mol. The van der Waals surface area contributed by atoms with E-state index in [4.69, 9.17) is 9.47 Å². The average Bonchev–Trinajstić information content (AvgIpc) is 3.35. The van der Waals surface area contributed by atoms with Gasteiger partial charge in [0.15, 0.2) is 11.5 Å². The molecule has 8 nitrogen and oxygen atoms in total. The van der Waals surface area contributed by atoms with Crippen molar-refractivity contribution in [1.29, 1.82) is 0 Å². The first-order valence-corrected chi connectivity index (χ1v) is 8.30. The molecule has 0 spiro atoms. The van der Waals surface area contributed by atoms with Crippen LogP contribution in [0.4, 0.5) is 5.69 Å². The highest BCUT2D eigenvalue weighted by Crippen LogP contribution is 2.55. The zero-order valence-corrected chi connectivity index (χ0v) is 14.2. The highest BCUT2D eigenvalue weighted by atomic mass is 16.6. The molecule has 0 saturated heterocycles. The lowest BCUT2D eigenvalue weighted by atomic mass is 10.0. The van der Waals surface area contributed by atoms with Gasteiger partial charge in [0.2, 0.25) is 5.91 Å². The van der Waals surface area contributed by atoms with Gasteiger partial charge in [-0.05, 0) is 30.7 Å². The Bertz CT molecular complexity index is 706. The van der Waals surface area contributed by atoms with Crippen LogP contribution in [0.25, 0.3) is 0 Å². The number of nitro groups is 1. The van der Waals surface area contributed by atoms with E-state index in [0.717, 1.165) is 12.8 Å². The number of nitrogens with one attached hydrogen (secondary N) is 1. The van der Waals surface area contributed by atoms with Crippen LogP contribution in [0.3, 0.4) is 0 Å². The third kappa shape index (κ3) is 3.42. The summed E-state index contributed by atoms with van der Waals surface area (Å²) in [5.74, 6) is 1.53. The van der Waals surface area contributed by atoms with Gasteiger partial charge in [0.25, 0.3) is 5.69 Å². The van der Waals surface area contributed by atoms with E-state index in [1.807, 2.05) is 0 Å². The van der Waals surface area contributed by atoms with Gasteiger partial charge < -0.3 is 9.47 Å². The standard InChI is InChI=1S/C17H21N3O5/c1-24-14-7-10(13(20(22)23)8-15(14)25-2)9-18-19-17(21)16-11-5-3-4-6-12(11)16/h7-9,11-12,16H,3-6H2,1-2H3,(H,19,21). The molecule has 2 atom stereocenters. The molecule has 0 radical (unpaired) electrons. The Balaban J connectivity index is 1.72. The number of nitro benzene ring substituents is 1. The van der Waals surface area contributed by atoms with Crippen LogP contribution >= 0.6 is 0 Å². The van der Waals surface area contributed by atoms with E-state index in [0.29, 0.717) is 17.6 Å². The van der Waals surface area contributed by atoms with Crippen LogP contribution in [0.2, 0.25) is 0 Å². The third-order valence-electron chi connectivity index (χ3n) is 5.07. The predicted octanol–water partition coefficient (Wildman–Crippen LogP) is 2.50. The first-order chi connectivity index (χ1) is 12.1. The number of ether oxygens (including phenoxy) is 2. The summed E-state index contributed by atoms with van der Waals surface area (Å²) in [4.78, 5) is 22.9. The lowest BCUT2D eigenvalue weighted by Gasteiger charge is -2.08. The molecule has 1 aromatic rings. The lowest BCUT2D eigenvalue weighted by Crippen LogP contribution is -2.21. The van der Waals surface area contributed by atoms with Crippen LogP contribution in [0.5, 0.6) is 11.5 Å². The lowest BCUT2D eigenvalue weighted by molar-refractivity contribution is -0.385. The molecule has 2 unspecified atom stereocenters. The van der Waals surface area contributed by atoms with Crippen LogP contribution < -0.4 is 14.9 Å². The van der Waals surface area contributed by atoms with Gasteiger partial charge in [-0.25, -0.2) is 5.43 Å². The van der Waals surface area contributed by atoms with E-state index in [1.54, 1.807) is 0 Å². The van der Waals surface area contributed by atoms with Crippen LogP contribution in [0.15, 0.2) is 17.2 Å². The summed E-state index contributed by atoms with van der Waals surface area (Å²) < 4.78 is 10.2. The number of carbonyl (C=O) groups is 1. The number of hydrogen-bond acceptors (Lipinski definition) is 6. The molecule has 134 valence electrons. The summed E-state index contributed by atoms with van der Waals surface area (Å²) in [7, 11) is 2.85. The topological polar surface area (TPSA) is 103 Å². The molecule has 2 fully saturated rings. The van der Waals surface area contributed by atoms with Gasteiger partial charge in [0, 0.05) is 5.92 Å². The number of benzene rings is 1. The van der Waals surface area contributed by atoms with Gasteiger partial charge in [-0.2, -0.15) is 5.10 Å². The molecule has 1 aromatic carbocycles. The molecule has 8 heteroatoms. The molecule has 1 amide bonds. The van der Waals surface area contributed by atoms with Crippen molar-refractivity contribution >= 4 is 17.8 Å². The maximum atomic E-state index is 12.2. The third-order valence-corrected chi connectivity index (χ3v) is 5.07. The second kappa shape index (κ2) is 7.08. The van der Waals surface area contributed by atoms with Gasteiger partial charge >= 0.3 is 0 Å². The highest BCUT2D eigenvalue weighted by molar-refractivity contribution is 5.89. The minimum absolute atomic E-state index is 0.0417. The smallest absolute Gasteiger partial charge is 0.282 e. The molecule has 0 heterocycles. The Morgan fingerprint density at radius 2 is 1.84 bits per heavy atom. The van der Waals surface area contributed by atoms with Crippen LogP contribution in [0, 0.1) is 27.9 Å². The maximum absolute atomic E-state index is 12.2. The van der Waals surface area contributed by atoms with Gasteiger partial charge in [0.1, 0.15) is 0 Å². The van der Waals surface area contributed by atoms with Crippen molar-refractivity contribution < 1.29 is 19.2 Å². The van der Waals surface area contributed by atoms with E-state index < -0.39 is 4.92 Å². The fourth-order valence-electron chi connectivity index (χ4n) is 3.77. The molecular weight excluding hydrogens is 326 g/mol. The van der Waals surface area contributed by atoms with Crippen molar-refractivity contribution in [3.05, 3.63) is 27.8 Å². The van der Waals surface area contributed by atoms with E-state index >= 15 is 0 Å². The van der Waals surface area contributed by atoms with Crippen LogP contribution in [-0.4, -0.2) is 31.3 Å². The fraction of sp³-hybridized carbons (Fsp3) is 0.529. The first kappa shape index (κ1) is 17.2. The second-order valence-electron chi connectivity index (χ2n) is 6.40. The number of hydrazone groups is 1. The number of hydrogen-bond donors (Lipinski definition) is 1. The summed E-state index contributed by atoms with van der Waals surface area (Å²) in [6, 6.07) is 2.74. The van der Waals surface area contributed by atoms with Crippen LogP contribution in [0.1, 0.15) is 31.2 Å². The quantitative estimate of drug-likeness (QED) is 0.484. The van der Waals surface area contributed by atoms with E-state index in [2.05, 4.69) is 10.5 Å². The van der Waals surface area contributed by atoms with Crippen molar-refractivity contribution in [2.24, 2.45) is 22.9 Å². The van der Waals surface area contributed by atoms with Gasteiger partial charge in [-0.3, -0.25) is 14.9 Å². The van der Waals surface area contributed by atoms with Gasteiger partial charge in [-0.1, -0.05) is 12.8 Å². The van der Waals surface area contributed by atoms with Gasteiger partial charge in [0.05, 0.1) is 37.0 Å². The number of nitrogens with zero attached hydrogens (tertiary/aromatic N) is 2. The minimum Gasteiger partial charge on any atom is -0.493 e. The molecule has 0 bridgehead atoms. The number of rotatable bonds is 6. The maximum Gasteiger partial charge on any atom is 0.282 e. The molecule has 2 aliphatic carbocycles. The largest absolute Gasteiger partial charge is 0.493 e. The monoisotopic (exact) mass is 347 g/mol. The van der Waals surface area contributed by atoms with E-state index in [-0.39, 0.29) is 28.8 Å². The number of methoxy groups -OCH3 is 2. The summed E-state index contributed by atoms with van der Waals surface area (Å²) in [5.41, 5.74) is 2.58. The summed E-state index contributed by atoms with van der Waals surface area (Å²) in [5, 5.41) is 15.1. The molecule has 3 rings (SSSR count). The molecule has 25 heavy (non-hydrogen) atoms. The summed E-state index contributed by atoms with van der Waals surface area (Å²) in [6.07, 6.45) is 5.85. The number of fused-ring (bicyclic) bond motifs is 1. The van der Waals surface area contributed by atoms with E-state index in [9.17, 15) is 14.9 Å². The Morgan fingerprint density at radius 3 is 2.40 bits per heavy atom. The van der Waals surface area contributed by atoms with Crippen molar-refractivity contribution in [2.45, 2.75) is 25.7 Å². The van der Waals surface area contributed by atoms with Crippen LogP contribution in [-0.2, 0) is 4.79 Å².